The van der Waals surface area contributed by atoms with Crippen molar-refractivity contribution in [3.63, 3.8) is 0 Å². The zero-order valence-corrected chi connectivity index (χ0v) is 13.5. The van der Waals surface area contributed by atoms with Gasteiger partial charge >= 0.3 is 11.9 Å². The van der Waals surface area contributed by atoms with E-state index in [2.05, 4.69) is 31.2 Å². The zero-order chi connectivity index (χ0) is 17.1. The van der Waals surface area contributed by atoms with E-state index in [1.165, 1.54) is 10.9 Å². The number of carbonyl (C=O) groups is 2. The Labute approximate surface area is 139 Å². The maximum Gasteiger partial charge on any atom is 0.312 e. The molecule has 1 aliphatic carbocycles. The molecule has 4 rings (SSSR count). The third kappa shape index (κ3) is 1.85. The van der Waals surface area contributed by atoms with Crippen LogP contribution in [0.3, 0.4) is 0 Å². The van der Waals surface area contributed by atoms with Crippen LogP contribution in [0.15, 0.2) is 36.4 Å². The number of fused-ring (bicyclic) bond motifs is 2. The highest BCUT2D eigenvalue weighted by atomic mass is 16.4. The summed E-state index contributed by atoms with van der Waals surface area (Å²) in [5.41, 5.74) is 0.0831. The molecule has 5 nitrogen and oxygen atoms in total. The molecular weight excluding hydrogens is 306 g/mol. The van der Waals surface area contributed by atoms with E-state index in [4.69, 9.17) is 0 Å². The van der Waals surface area contributed by atoms with Crippen LogP contribution in [0.25, 0.3) is 10.8 Å². The molecule has 5 heteroatoms. The normalized spacial score (nSPS) is 28.7. The highest BCUT2D eigenvalue weighted by Gasteiger charge is 2.80. The van der Waals surface area contributed by atoms with Gasteiger partial charge in [-0.15, -0.1) is 0 Å². The van der Waals surface area contributed by atoms with Crippen molar-refractivity contribution in [1.29, 1.82) is 0 Å². The van der Waals surface area contributed by atoms with E-state index in [0.717, 1.165) is 10.9 Å². The molecule has 0 aromatic heterocycles. The maximum absolute atomic E-state index is 11.6. The first-order valence-corrected chi connectivity index (χ1v) is 8.06. The number of carboxylic acids is 2. The first-order chi connectivity index (χ1) is 11.4. The van der Waals surface area contributed by atoms with Gasteiger partial charge in [0.25, 0.3) is 0 Å². The molecule has 2 aromatic carbocycles. The smallest absolute Gasteiger partial charge is 0.312 e. The van der Waals surface area contributed by atoms with Gasteiger partial charge in [-0.2, -0.15) is 0 Å². The number of hydrogen-bond donors (Lipinski definition) is 2. The van der Waals surface area contributed by atoms with Gasteiger partial charge in [-0.1, -0.05) is 36.4 Å². The molecule has 0 unspecified atom stereocenters. The van der Waals surface area contributed by atoms with Gasteiger partial charge in [-0.25, -0.2) is 0 Å². The fourth-order valence-electron chi connectivity index (χ4n) is 4.40. The molecule has 1 saturated heterocycles. The lowest BCUT2D eigenvalue weighted by Crippen LogP contribution is -2.28. The van der Waals surface area contributed by atoms with Gasteiger partial charge in [0.1, 0.15) is 0 Å². The predicted molar refractivity (Wildman–Crippen MR) is 88.7 cm³/mol. The Bertz CT molecular complexity index is 849. The van der Waals surface area contributed by atoms with Crippen LogP contribution in [0.5, 0.6) is 0 Å². The number of hydrogen-bond acceptors (Lipinski definition) is 3. The minimum absolute atomic E-state index is 0.246. The third-order valence-electron chi connectivity index (χ3n) is 5.83. The molecular formula is C19H19NO4. The molecule has 0 spiro atoms. The molecule has 1 saturated carbocycles. The van der Waals surface area contributed by atoms with Crippen LogP contribution in [0, 0.1) is 17.8 Å². The van der Waals surface area contributed by atoms with E-state index in [-0.39, 0.29) is 6.42 Å². The van der Waals surface area contributed by atoms with Gasteiger partial charge in [0.05, 0.1) is 10.8 Å². The van der Waals surface area contributed by atoms with Crippen molar-refractivity contribution >= 4 is 22.7 Å². The van der Waals surface area contributed by atoms with Crippen LogP contribution in [-0.2, 0) is 16.1 Å². The van der Waals surface area contributed by atoms with Crippen LogP contribution in [0.1, 0.15) is 17.5 Å². The van der Waals surface area contributed by atoms with Crippen LogP contribution < -0.4 is 0 Å². The fraction of sp³-hybridized carbons (Fsp3) is 0.368. The number of likely N-dealkylation sites (tertiary alicyclic amines) is 1. The molecule has 0 amide bonds. The molecule has 24 heavy (non-hydrogen) atoms. The SMILES string of the molecule is Cc1ccc(CN2C[C@@]3(C(=O)O)C[C@@]3(C(=O)O)C2)c2ccccc12. The van der Waals surface area contributed by atoms with Crippen LogP contribution in [0.4, 0.5) is 0 Å². The first-order valence-electron chi connectivity index (χ1n) is 8.06. The minimum Gasteiger partial charge on any atom is -0.481 e. The Morgan fingerprint density at radius 1 is 1.00 bits per heavy atom. The van der Waals surface area contributed by atoms with Crippen molar-refractivity contribution in [1.82, 2.24) is 4.90 Å². The van der Waals surface area contributed by atoms with Gasteiger partial charge in [-0.3, -0.25) is 14.5 Å². The van der Waals surface area contributed by atoms with Crippen molar-refractivity contribution < 1.29 is 19.8 Å². The molecule has 2 fully saturated rings. The summed E-state index contributed by atoms with van der Waals surface area (Å²) < 4.78 is 0. The van der Waals surface area contributed by atoms with Crippen LogP contribution in [-0.4, -0.2) is 40.1 Å². The van der Waals surface area contributed by atoms with Crippen molar-refractivity contribution in [2.75, 3.05) is 13.1 Å². The molecule has 2 atom stereocenters. The van der Waals surface area contributed by atoms with E-state index in [0.29, 0.717) is 19.6 Å². The quantitative estimate of drug-likeness (QED) is 0.903. The summed E-state index contributed by atoms with van der Waals surface area (Å²) in [5.74, 6) is -1.97. The summed E-state index contributed by atoms with van der Waals surface area (Å²) in [7, 11) is 0. The van der Waals surface area contributed by atoms with E-state index in [1.807, 2.05) is 17.0 Å². The summed E-state index contributed by atoms with van der Waals surface area (Å²) >= 11 is 0. The Morgan fingerprint density at radius 2 is 1.58 bits per heavy atom. The van der Waals surface area contributed by atoms with Crippen molar-refractivity contribution in [2.45, 2.75) is 19.9 Å². The molecule has 1 aliphatic heterocycles. The Kier molecular flexibility index (Phi) is 3.03. The first kappa shape index (κ1) is 15.1. The highest BCUT2D eigenvalue weighted by molar-refractivity contribution is 5.94. The lowest BCUT2D eigenvalue weighted by molar-refractivity contribution is -0.151. The fourth-order valence-corrected chi connectivity index (χ4v) is 4.40. The second-order valence-corrected chi connectivity index (χ2v) is 7.18. The van der Waals surface area contributed by atoms with Crippen LogP contribution >= 0.6 is 0 Å². The number of rotatable bonds is 4. The van der Waals surface area contributed by atoms with E-state index in [9.17, 15) is 19.8 Å². The van der Waals surface area contributed by atoms with Gasteiger partial charge in [-0.05, 0) is 35.2 Å². The Hall–Kier alpha value is -2.40. The van der Waals surface area contributed by atoms with Crippen molar-refractivity contribution in [2.24, 2.45) is 10.8 Å². The second kappa shape index (κ2) is 4.80. The molecule has 2 N–H and O–H groups in total. The van der Waals surface area contributed by atoms with Crippen molar-refractivity contribution in [3.8, 4) is 0 Å². The van der Waals surface area contributed by atoms with Crippen molar-refractivity contribution in [3.05, 3.63) is 47.5 Å². The Morgan fingerprint density at radius 3 is 2.17 bits per heavy atom. The van der Waals surface area contributed by atoms with E-state index in [1.54, 1.807) is 0 Å². The Balaban J connectivity index is 1.66. The average Bonchev–Trinajstić information content (AvgIpc) is 3.10. The molecule has 1 heterocycles. The number of nitrogens with zero attached hydrogens (tertiary/aromatic N) is 1. The minimum atomic E-state index is -1.11. The summed E-state index contributed by atoms with van der Waals surface area (Å²) in [4.78, 5) is 25.3. The number of aliphatic carboxylic acids is 2. The topological polar surface area (TPSA) is 77.8 Å². The molecule has 2 aliphatic rings. The largest absolute Gasteiger partial charge is 0.481 e. The lowest BCUT2D eigenvalue weighted by Gasteiger charge is -2.21. The zero-order valence-electron chi connectivity index (χ0n) is 13.5. The summed E-state index contributed by atoms with van der Waals surface area (Å²) in [6, 6.07) is 12.3. The summed E-state index contributed by atoms with van der Waals surface area (Å²) in [6.45, 7) is 3.24. The average molecular weight is 325 g/mol. The van der Waals surface area contributed by atoms with Gasteiger partial charge in [0.15, 0.2) is 0 Å². The highest BCUT2D eigenvalue weighted by Crippen LogP contribution is 2.68. The van der Waals surface area contributed by atoms with Gasteiger partial charge in [0.2, 0.25) is 0 Å². The van der Waals surface area contributed by atoms with Gasteiger partial charge < -0.3 is 10.2 Å². The van der Waals surface area contributed by atoms with Crippen LogP contribution in [0.2, 0.25) is 0 Å². The number of benzene rings is 2. The third-order valence-corrected chi connectivity index (χ3v) is 5.83. The van der Waals surface area contributed by atoms with E-state index >= 15 is 0 Å². The molecule has 0 bridgehead atoms. The number of aryl methyl sites for hydroxylation is 1. The molecule has 2 aromatic rings. The number of carboxylic acid groups (broad SMARTS) is 2. The second-order valence-electron chi connectivity index (χ2n) is 7.18. The summed E-state index contributed by atoms with van der Waals surface area (Å²) in [6.07, 6.45) is 0.246. The van der Waals surface area contributed by atoms with E-state index < -0.39 is 22.8 Å². The lowest BCUT2D eigenvalue weighted by atomic mass is 9.97. The standard InChI is InChI=1S/C19H19NO4/c1-12-6-7-13(15-5-3-2-4-14(12)15)8-20-10-18(16(21)22)9-19(18,11-20)17(23)24/h2-7H,8-11H2,1H3,(H,21,22)(H,23,24)/t18-,19+. The summed E-state index contributed by atoms with van der Waals surface area (Å²) in [5, 5.41) is 21.4. The maximum atomic E-state index is 11.6. The predicted octanol–water partition coefficient (Wildman–Crippen LogP) is 2.51. The number of piperidine rings is 1. The van der Waals surface area contributed by atoms with Gasteiger partial charge in [0, 0.05) is 19.6 Å². The molecule has 0 radical (unpaired) electrons. The molecule has 124 valence electrons. The monoisotopic (exact) mass is 325 g/mol.